The van der Waals surface area contributed by atoms with E-state index in [1.54, 1.807) is 0 Å². The van der Waals surface area contributed by atoms with Crippen molar-refractivity contribution < 1.29 is 15.0 Å². The summed E-state index contributed by atoms with van der Waals surface area (Å²) in [6.45, 7) is 2.70. The lowest BCUT2D eigenvalue weighted by molar-refractivity contribution is 0.0696. The lowest BCUT2D eigenvalue weighted by Crippen LogP contribution is -2.16. The molecule has 0 unspecified atom stereocenters. The van der Waals surface area contributed by atoms with E-state index in [2.05, 4.69) is 0 Å². The second kappa shape index (κ2) is 4.00. The Hall–Kier alpha value is -1.71. The largest absolute Gasteiger partial charge is 0.508 e. The van der Waals surface area contributed by atoms with Crippen molar-refractivity contribution >= 4 is 11.7 Å². The molecule has 14 heavy (non-hydrogen) atoms. The van der Waals surface area contributed by atoms with Crippen LogP contribution in [0.1, 0.15) is 17.3 Å². The van der Waals surface area contributed by atoms with Crippen LogP contribution in [0.25, 0.3) is 0 Å². The smallest absolute Gasteiger partial charge is 0.335 e. The quantitative estimate of drug-likeness (QED) is 0.768. The third-order valence-electron chi connectivity index (χ3n) is 2.06. The number of hydrogen-bond donors (Lipinski definition) is 2. The number of rotatable bonds is 3. The third kappa shape index (κ3) is 2.16. The van der Waals surface area contributed by atoms with Gasteiger partial charge in [-0.15, -0.1) is 0 Å². The molecule has 0 aliphatic heterocycles. The first-order valence-electron chi connectivity index (χ1n) is 4.33. The highest BCUT2D eigenvalue weighted by Crippen LogP contribution is 2.22. The number of nitrogens with zero attached hydrogens (tertiary/aromatic N) is 1. The predicted octanol–water partition coefficient (Wildman–Crippen LogP) is 1.55. The van der Waals surface area contributed by atoms with E-state index >= 15 is 0 Å². The van der Waals surface area contributed by atoms with Crippen molar-refractivity contribution in [3.05, 3.63) is 23.8 Å². The minimum atomic E-state index is -1.04. The van der Waals surface area contributed by atoms with E-state index in [1.165, 1.54) is 18.2 Å². The van der Waals surface area contributed by atoms with Crippen LogP contribution < -0.4 is 4.90 Å². The standard InChI is InChI=1S/C10H13NO3/c1-3-11(2)8-4-7(10(13)14)5-9(12)6-8/h4-6,12H,3H2,1-2H3,(H,13,14). The summed E-state index contributed by atoms with van der Waals surface area (Å²) in [5.74, 6) is -1.06. The van der Waals surface area contributed by atoms with E-state index in [9.17, 15) is 9.90 Å². The SMILES string of the molecule is CCN(C)c1cc(O)cc(C(=O)O)c1. The van der Waals surface area contributed by atoms with Gasteiger partial charge < -0.3 is 15.1 Å². The first kappa shape index (κ1) is 10.4. The number of carboxylic acid groups (broad SMARTS) is 1. The number of hydrogen-bond acceptors (Lipinski definition) is 3. The molecule has 0 aromatic heterocycles. The highest BCUT2D eigenvalue weighted by Gasteiger charge is 2.08. The molecule has 0 aliphatic carbocycles. The van der Waals surface area contributed by atoms with Crippen LogP contribution in [0.4, 0.5) is 5.69 Å². The number of aromatic carboxylic acids is 1. The lowest BCUT2D eigenvalue weighted by Gasteiger charge is -2.17. The summed E-state index contributed by atoms with van der Waals surface area (Å²) in [6.07, 6.45) is 0. The van der Waals surface area contributed by atoms with Crippen molar-refractivity contribution in [2.75, 3.05) is 18.5 Å². The summed E-state index contributed by atoms with van der Waals surface area (Å²) in [5, 5.41) is 18.1. The molecule has 0 fully saturated rings. The highest BCUT2D eigenvalue weighted by molar-refractivity contribution is 5.89. The van der Waals surface area contributed by atoms with Crippen molar-refractivity contribution in [2.24, 2.45) is 0 Å². The highest BCUT2D eigenvalue weighted by atomic mass is 16.4. The van der Waals surface area contributed by atoms with Crippen molar-refractivity contribution in [1.82, 2.24) is 0 Å². The van der Waals surface area contributed by atoms with Gasteiger partial charge in [0.1, 0.15) is 5.75 Å². The van der Waals surface area contributed by atoms with Crippen LogP contribution in [0.5, 0.6) is 5.75 Å². The monoisotopic (exact) mass is 195 g/mol. The predicted molar refractivity (Wildman–Crippen MR) is 54.0 cm³/mol. The molecule has 4 nitrogen and oxygen atoms in total. The van der Waals surface area contributed by atoms with E-state index in [4.69, 9.17) is 5.11 Å². The van der Waals surface area contributed by atoms with Gasteiger partial charge in [0.25, 0.3) is 0 Å². The maximum atomic E-state index is 10.7. The zero-order chi connectivity index (χ0) is 10.7. The molecule has 0 heterocycles. The number of phenolic OH excluding ortho intramolecular Hbond substituents is 1. The van der Waals surface area contributed by atoms with Gasteiger partial charge in [-0.1, -0.05) is 0 Å². The Morgan fingerprint density at radius 2 is 2.07 bits per heavy atom. The van der Waals surface area contributed by atoms with Crippen molar-refractivity contribution in [3.8, 4) is 5.75 Å². The Labute approximate surface area is 82.4 Å². The molecule has 1 rings (SSSR count). The van der Waals surface area contributed by atoms with Crippen LogP contribution in [0.3, 0.4) is 0 Å². The van der Waals surface area contributed by atoms with Crippen molar-refractivity contribution in [2.45, 2.75) is 6.92 Å². The fourth-order valence-electron chi connectivity index (χ4n) is 1.12. The van der Waals surface area contributed by atoms with Crippen LogP contribution in [0.15, 0.2) is 18.2 Å². The van der Waals surface area contributed by atoms with Crippen LogP contribution >= 0.6 is 0 Å². The average molecular weight is 195 g/mol. The van der Waals surface area contributed by atoms with Gasteiger partial charge in [0, 0.05) is 25.3 Å². The summed E-state index contributed by atoms with van der Waals surface area (Å²) in [7, 11) is 1.83. The van der Waals surface area contributed by atoms with Gasteiger partial charge in [-0.05, 0) is 19.1 Å². The maximum Gasteiger partial charge on any atom is 0.335 e. The van der Waals surface area contributed by atoms with Gasteiger partial charge in [0.2, 0.25) is 0 Å². The van der Waals surface area contributed by atoms with Gasteiger partial charge in [-0.2, -0.15) is 0 Å². The van der Waals surface area contributed by atoms with E-state index < -0.39 is 5.97 Å². The van der Waals surface area contributed by atoms with E-state index in [1.807, 2.05) is 18.9 Å². The summed E-state index contributed by atoms with van der Waals surface area (Å²) in [4.78, 5) is 12.5. The number of anilines is 1. The number of carboxylic acids is 1. The van der Waals surface area contributed by atoms with Gasteiger partial charge in [-0.3, -0.25) is 0 Å². The number of aromatic hydroxyl groups is 1. The normalized spacial score (nSPS) is 9.86. The lowest BCUT2D eigenvalue weighted by atomic mass is 10.2. The summed E-state index contributed by atoms with van der Waals surface area (Å²) >= 11 is 0. The van der Waals surface area contributed by atoms with Crippen LogP contribution in [-0.4, -0.2) is 29.8 Å². The molecule has 4 heteroatoms. The number of phenols is 1. The second-order valence-corrected chi connectivity index (χ2v) is 3.06. The van der Waals surface area contributed by atoms with E-state index in [0.29, 0.717) is 5.69 Å². The minimum absolute atomic E-state index is 0.0276. The average Bonchev–Trinajstić information content (AvgIpc) is 2.15. The first-order chi connectivity index (χ1) is 6.54. The molecule has 0 spiro atoms. The second-order valence-electron chi connectivity index (χ2n) is 3.06. The number of benzene rings is 1. The molecule has 1 aromatic carbocycles. The van der Waals surface area contributed by atoms with Gasteiger partial charge >= 0.3 is 5.97 Å². The number of carbonyl (C=O) groups is 1. The fraction of sp³-hybridized carbons (Fsp3) is 0.300. The van der Waals surface area contributed by atoms with Gasteiger partial charge in [0.05, 0.1) is 5.56 Å². The zero-order valence-electron chi connectivity index (χ0n) is 8.19. The molecular weight excluding hydrogens is 182 g/mol. The van der Waals surface area contributed by atoms with Gasteiger partial charge in [-0.25, -0.2) is 4.79 Å². The summed E-state index contributed by atoms with van der Waals surface area (Å²) < 4.78 is 0. The van der Waals surface area contributed by atoms with Crippen LogP contribution in [-0.2, 0) is 0 Å². The first-order valence-corrected chi connectivity index (χ1v) is 4.33. The maximum absolute atomic E-state index is 10.7. The van der Waals surface area contributed by atoms with Crippen molar-refractivity contribution in [3.63, 3.8) is 0 Å². The Morgan fingerprint density at radius 3 is 2.57 bits per heavy atom. The van der Waals surface area contributed by atoms with Crippen LogP contribution in [0, 0.1) is 0 Å². The topological polar surface area (TPSA) is 60.8 Å². The zero-order valence-corrected chi connectivity index (χ0v) is 8.19. The Balaban J connectivity index is 3.13. The third-order valence-corrected chi connectivity index (χ3v) is 2.06. The molecule has 0 atom stereocenters. The molecule has 1 aromatic rings. The van der Waals surface area contributed by atoms with Crippen molar-refractivity contribution in [1.29, 1.82) is 0 Å². The Kier molecular flexibility index (Phi) is 2.96. The molecule has 0 saturated heterocycles. The molecule has 0 aliphatic rings. The molecule has 2 N–H and O–H groups in total. The molecule has 0 bridgehead atoms. The minimum Gasteiger partial charge on any atom is -0.508 e. The van der Waals surface area contributed by atoms with Crippen LogP contribution in [0.2, 0.25) is 0 Å². The summed E-state index contributed by atoms with van der Waals surface area (Å²) in [5.41, 5.74) is 0.796. The molecule has 76 valence electrons. The Morgan fingerprint density at radius 1 is 1.43 bits per heavy atom. The molecule has 0 radical (unpaired) electrons. The van der Waals surface area contributed by atoms with Gasteiger partial charge in [0.15, 0.2) is 0 Å². The molecular formula is C10H13NO3. The fourth-order valence-corrected chi connectivity index (χ4v) is 1.12. The molecule has 0 saturated carbocycles. The van der Waals surface area contributed by atoms with E-state index in [0.717, 1.165) is 6.54 Å². The summed E-state index contributed by atoms with van der Waals surface area (Å²) in [6, 6.07) is 4.30. The molecule has 0 amide bonds. The Bertz CT molecular complexity index is 349. The van der Waals surface area contributed by atoms with E-state index in [-0.39, 0.29) is 11.3 Å².